The van der Waals surface area contributed by atoms with Gasteiger partial charge in [-0.15, -0.1) is 0 Å². The van der Waals surface area contributed by atoms with Crippen LogP contribution in [-0.2, 0) is 9.53 Å². The van der Waals surface area contributed by atoms with E-state index in [9.17, 15) is 4.79 Å². The SMILES string of the molecule is COCC(C)CC(=O)N(C)CCCN. The number of carbonyl (C=O) groups excluding carboxylic acids is 1. The Balaban J connectivity index is 3.71. The first kappa shape index (κ1) is 13.4. The van der Waals surface area contributed by atoms with Crippen LogP contribution in [-0.4, -0.2) is 44.7 Å². The molecule has 0 saturated carbocycles. The zero-order chi connectivity index (χ0) is 11.0. The van der Waals surface area contributed by atoms with Gasteiger partial charge in [0.25, 0.3) is 0 Å². The van der Waals surface area contributed by atoms with Gasteiger partial charge in [-0.05, 0) is 18.9 Å². The van der Waals surface area contributed by atoms with Crippen LogP contribution in [0.1, 0.15) is 19.8 Å². The summed E-state index contributed by atoms with van der Waals surface area (Å²) in [7, 11) is 3.47. The fraction of sp³-hybridized carbons (Fsp3) is 0.900. The summed E-state index contributed by atoms with van der Waals surface area (Å²) in [5, 5.41) is 0. The summed E-state index contributed by atoms with van der Waals surface area (Å²) in [5.74, 6) is 0.454. The standard InChI is InChI=1S/C10H22N2O2/c1-9(8-14-3)7-10(13)12(2)6-4-5-11/h9H,4-8,11H2,1-3H3. The number of nitrogens with two attached hydrogens (primary N) is 1. The van der Waals surface area contributed by atoms with Crippen molar-refractivity contribution in [3.8, 4) is 0 Å². The Morgan fingerprint density at radius 3 is 2.71 bits per heavy atom. The van der Waals surface area contributed by atoms with E-state index in [-0.39, 0.29) is 11.8 Å². The molecule has 0 aliphatic rings. The molecule has 0 fully saturated rings. The summed E-state index contributed by atoms with van der Waals surface area (Å²) in [4.78, 5) is 13.3. The lowest BCUT2D eigenvalue weighted by Gasteiger charge is -2.18. The molecular weight excluding hydrogens is 180 g/mol. The summed E-state index contributed by atoms with van der Waals surface area (Å²) in [6.07, 6.45) is 1.41. The molecule has 0 radical (unpaired) electrons. The Kier molecular flexibility index (Phi) is 7.42. The molecule has 0 bridgehead atoms. The highest BCUT2D eigenvalue weighted by Crippen LogP contribution is 2.04. The topological polar surface area (TPSA) is 55.6 Å². The molecule has 84 valence electrons. The summed E-state index contributed by atoms with van der Waals surface area (Å²) < 4.78 is 4.97. The van der Waals surface area contributed by atoms with Gasteiger partial charge in [0.05, 0.1) is 0 Å². The molecular formula is C10H22N2O2. The summed E-state index contributed by atoms with van der Waals surface area (Å²) in [5.41, 5.74) is 5.37. The number of hydrogen-bond donors (Lipinski definition) is 1. The Morgan fingerprint density at radius 2 is 2.21 bits per heavy atom. The van der Waals surface area contributed by atoms with Gasteiger partial charge in [0, 0.05) is 33.7 Å². The maximum absolute atomic E-state index is 11.6. The molecule has 0 aromatic rings. The molecule has 0 rings (SSSR count). The van der Waals surface area contributed by atoms with Crippen molar-refractivity contribution in [2.45, 2.75) is 19.8 Å². The molecule has 0 aromatic carbocycles. The Hall–Kier alpha value is -0.610. The van der Waals surface area contributed by atoms with E-state index >= 15 is 0 Å². The zero-order valence-electron chi connectivity index (χ0n) is 9.45. The number of methoxy groups -OCH3 is 1. The van der Waals surface area contributed by atoms with Crippen LogP contribution >= 0.6 is 0 Å². The highest BCUT2D eigenvalue weighted by molar-refractivity contribution is 5.76. The number of carbonyl (C=O) groups is 1. The van der Waals surface area contributed by atoms with Gasteiger partial charge in [0.15, 0.2) is 0 Å². The van der Waals surface area contributed by atoms with Gasteiger partial charge >= 0.3 is 0 Å². The van der Waals surface area contributed by atoms with Gasteiger partial charge in [-0.1, -0.05) is 6.92 Å². The first-order valence-corrected chi connectivity index (χ1v) is 5.04. The molecule has 2 N–H and O–H groups in total. The van der Waals surface area contributed by atoms with Crippen LogP contribution in [0.3, 0.4) is 0 Å². The lowest BCUT2D eigenvalue weighted by molar-refractivity contribution is -0.131. The largest absolute Gasteiger partial charge is 0.384 e. The molecule has 1 atom stereocenters. The van der Waals surface area contributed by atoms with Crippen LogP contribution in [0.5, 0.6) is 0 Å². The first-order chi connectivity index (χ1) is 6.61. The summed E-state index contributed by atoms with van der Waals surface area (Å²) in [6.45, 7) is 4.02. The average Bonchev–Trinajstić information content (AvgIpc) is 2.14. The molecule has 0 aromatic heterocycles. The molecule has 0 spiro atoms. The number of ether oxygens (including phenoxy) is 1. The van der Waals surface area contributed by atoms with E-state index in [0.29, 0.717) is 19.6 Å². The molecule has 0 saturated heterocycles. The molecule has 0 aliphatic carbocycles. The van der Waals surface area contributed by atoms with Crippen molar-refractivity contribution < 1.29 is 9.53 Å². The number of amides is 1. The highest BCUT2D eigenvalue weighted by Gasteiger charge is 2.12. The van der Waals surface area contributed by atoms with Gasteiger partial charge in [-0.2, -0.15) is 0 Å². The summed E-state index contributed by atoms with van der Waals surface area (Å²) in [6, 6.07) is 0. The van der Waals surface area contributed by atoms with Gasteiger partial charge in [-0.3, -0.25) is 4.79 Å². The van der Waals surface area contributed by atoms with E-state index in [1.165, 1.54) is 0 Å². The number of nitrogens with zero attached hydrogens (tertiary/aromatic N) is 1. The van der Waals surface area contributed by atoms with E-state index < -0.39 is 0 Å². The van der Waals surface area contributed by atoms with Crippen molar-refractivity contribution in [3.05, 3.63) is 0 Å². The van der Waals surface area contributed by atoms with Crippen molar-refractivity contribution in [3.63, 3.8) is 0 Å². The van der Waals surface area contributed by atoms with Crippen LogP contribution in [0.4, 0.5) is 0 Å². The van der Waals surface area contributed by atoms with Crippen molar-refractivity contribution >= 4 is 5.91 Å². The lowest BCUT2D eigenvalue weighted by Crippen LogP contribution is -2.30. The predicted octanol–water partition coefficient (Wildman–Crippen LogP) is 0.466. The van der Waals surface area contributed by atoms with E-state index in [4.69, 9.17) is 10.5 Å². The maximum Gasteiger partial charge on any atom is 0.222 e. The van der Waals surface area contributed by atoms with E-state index in [1.54, 1.807) is 12.0 Å². The second kappa shape index (κ2) is 7.76. The fourth-order valence-electron chi connectivity index (χ4n) is 1.25. The Labute approximate surface area is 86.4 Å². The normalized spacial score (nSPS) is 12.6. The van der Waals surface area contributed by atoms with E-state index in [1.807, 2.05) is 14.0 Å². The summed E-state index contributed by atoms with van der Waals surface area (Å²) >= 11 is 0. The van der Waals surface area contributed by atoms with Gasteiger partial charge in [-0.25, -0.2) is 0 Å². The maximum atomic E-state index is 11.6. The molecule has 0 aliphatic heterocycles. The van der Waals surface area contributed by atoms with Crippen molar-refractivity contribution in [2.24, 2.45) is 11.7 Å². The Bertz CT molecular complexity index is 162. The second-order valence-electron chi connectivity index (χ2n) is 3.72. The third-order valence-electron chi connectivity index (χ3n) is 2.10. The molecule has 1 unspecified atom stereocenters. The van der Waals surface area contributed by atoms with Gasteiger partial charge < -0.3 is 15.4 Å². The molecule has 1 amide bonds. The third kappa shape index (κ3) is 5.94. The average molecular weight is 202 g/mol. The minimum atomic E-state index is 0.169. The number of hydrogen-bond acceptors (Lipinski definition) is 3. The molecule has 4 heteroatoms. The minimum absolute atomic E-state index is 0.169. The minimum Gasteiger partial charge on any atom is -0.384 e. The quantitative estimate of drug-likeness (QED) is 0.653. The van der Waals surface area contributed by atoms with Crippen LogP contribution in [0.2, 0.25) is 0 Å². The molecule has 14 heavy (non-hydrogen) atoms. The number of rotatable bonds is 7. The van der Waals surface area contributed by atoms with Crippen LogP contribution in [0, 0.1) is 5.92 Å². The fourth-order valence-corrected chi connectivity index (χ4v) is 1.25. The van der Waals surface area contributed by atoms with Crippen molar-refractivity contribution in [1.82, 2.24) is 4.90 Å². The Morgan fingerprint density at radius 1 is 1.57 bits per heavy atom. The van der Waals surface area contributed by atoms with Crippen LogP contribution in [0.25, 0.3) is 0 Å². The molecule has 4 nitrogen and oxygen atoms in total. The molecule has 0 heterocycles. The van der Waals surface area contributed by atoms with Gasteiger partial charge in [0.1, 0.15) is 0 Å². The third-order valence-corrected chi connectivity index (χ3v) is 2.10. The van der Waals surface area contributed by atoms with Crippen molar-refractivity contribution in [1.29, 1.82) is 0 Å². The van der Waals surface area contributed by atoms with E-state index in [0.717, 1.165) is 13.0 Å². The second-order valence-corrected chi connectivity index (χ2v) is 3.72. The van der Waals surface area contributed by atoms with Crippen LogP contribution in [0.15, 0.2) is 0 Å². The smallest absolute Gasteiger partial charge is 0.222 e. The first-order valence-electron chi connectivity index (χ1n) is 5.04. The van der Waals surface area contributed by atoms with Crippen LogP contribution < -0.4 is 5.73 Å². The van der Waals surface area contributed by atoms with Crippen molar-refractivity contribution in [2.75, 3.05) is 33.9 Å². The predicted molar refractivity (Wildman–Crippen MR) is 57.0 cm³/mol. The zero-order valence-corrected chi connectivity index (χ0v) is 9.45. The monoisotopic (exact) mass is 202 g/mol. The van der Waals surface area contributed by atoms with Gasteiger partial charge in [0.2, 0.25) is 5.91 Å². The lowest BCUT2D eigenvalue weighted by atomic mass is 10.1. The van der Waals surface area contributed by atoms with E-state index in [2.05, 4.69) is 0 Å². The highest BCUT2D eigenvalue weighted by atomic mass is 16.5.